The van der Waals surface area contributed by atoms with Crippen molar-refractivity contribution >= 4 is 11.6 Å². The van der Waals surface area contributed by atoms with Crippen LogP contribution in [0.5, 0.6) is 5.75 Å². The maximum Gasteiger partial charge on any atom is 0.269 e. The van der Waals surface area contributed by atoms with E-state index in [1.807, 2.05) is 48.5 Å². The molecule has 1 aromatic heterocycles. The van der Waals surface area contributed by atoms with Crippen molar-refractivity contribution in [2.24, 2.45) is 0 Å². The van der Waals surface area contributed by atoms with Gasteiger partial charge in [0.05, 0.1) is 7.11 Å². The lowest BCUT2D eigenvalue weighted by atomic mass is 10.1. The number of benzene rings is 2. The number of nitrogens with zero attached hydrogens (tertiary/aromatic N) is 1. The van der Waals surface area contributed by atoms with Gasteiger partial charge in [-0.2, -0.15) is 0 Å². The standard InChI is InChI=1S/C23H25N3O2/c1-17(19-8-4-3-5-9-19)26-20-12-14-24-22(16-20)23(27)25-13-11-18-7-6-10-21(15-18)28-2/h3-10,12,14-17H,11,13H2,1-2H3,(H,24,26)(H,25,27). The Morgan fingerprint density at radius 2 is 1.89 bits per heavy atom. The summed E-state index contributed by atoms with van der Waals surface area (Å²) < 4.78 is 5.22. The fourth-order valence-corrected chi connectivity index (χ4v) is 2.96. The van der Waals surface area contributed by atoms with Crippen LogP contribution in [-0.2, 0) is 6.42 Å². The summed E-state index contributed by atoms with van der Waals surface area (Å²) in [5, 5.41) is 6.34. The minimum atomic E-state index is -0.182. The van der Waals surface area contributed by atoms with E-state index in [0.717, 1.165) is 23.4 Å². The lowest BCUT2D eigenvalue weighted by Gasteiger charge is -2.16. The Balaban J connectivity index is 1.56. The quantitative estimate of drug-likeness (QED) is 0.618. The van der Waals surface area contributed by atoms with Crippen LogP contribution in [0.1, 0.15) is 34.6 Å². The lowest BCUT2D eigenvalue weighted by molar-refractivity contribution is 0.0949. The first-order valence-corrected chi connectivity index (χ1v) is 9.34. The Kier molecular flexibility index (Phi) is 6.63. The summed E-state index contributed by atoms with van der Waals surface area (Å²) in [6, 6.07) is 21.8. The highest BCUT2D eigenvalue weighted by molar-refractivity contribution is 5.93. The van der Waals surface area contributed by atoms with E-state index in [9.17, 15) is 4.79 Å². The number of hydrogen-bond donors (Lipinski definition) is 2. The molecule has 0 aliphatic rings. The molecular weight excluding hydrogens is 350 g/mol. The maximum absolute atomic E-state index is 12.4. The molecule has 0 aliphatic heterocycles. The van der Waals surface area contributed by atoms with Crippen molar-refractivity contribution in [1.82, 2.24) is 10.3 Å². The molecule has 5 heteroatoms. The van der Waals surface area contributed by atoms with Crippen molar-refractivity contribution in [3.05, 3.63) is 89.7 Å². The number of carbonyl (C=O) groups excluding carboxylic acids is 1. The van der Waals surface area contributed by atoms with E-state index >= 15 is 0 Å². The van der Waals surface area contributed by atoms with Gasteiger partial charge in [-0.25, -0.2) is 0 Å². The Morgan fingerprint density at radius 1 is 1.07 bits per heavy atom. The van der Waals surface area contributed by atoms with Gasteiger partial charge < -0.3 is 15.4 Å². The Hall–Kier alpha value is -3.34. The number of pyridine rings is 1. The summed E-state index contributed by atoms with van der Waals surface area (Å²) in [5.74, 6) is 0.635. The molecule has 0 saturated carbocycles. The van der Waals surface area contributed by atoms with Gasteiger partial charge in [0.2, 0.25) is 0 Å². The molecule has 0 aliphatic carbocycles. The zero-order chi connectivity index (χ0) is 19.8. The van der Waals surface area contributed by atoms with E-state index in [-0.39, 0.29) is 11.9 Å². The van der Waals surface area contributed by atoms with Crippen LogP contribution in [-0.4, -0.2) is 24.5 Å². The van der Waals surface area contributed by atoms with Gasteiger partial charge in [-0.15, -0.1) is 0 Å². The van der Waals surface area contributed by atoms with Crippen LogP contribution >= 0.6 is 0 Å². The van der Waals surface area contributed by atoms with Crippen LogP contribution in [0, 0.1) is 0 Å². The minimum Gasteiger partial charge on any atom is -0.497 e. The van der Waals surface area contributed by atoms with Gasteiger partial charge in [0.25, 0.3) is 5.91 Å². The van der Waals surface area contributed by atoms with Crippen molar-refractivity contribution in [2.45, 2.75) is 19.4 Å². The van der Waals surface area contributed by atoms with Crippen LogP contribution in [0.2, 0.25) is 0 Å². The fraction of sp³-hybridized carbons (Fsp3) is 0.217. The van der Waals surface area contributed by atoms with E-state index < -0.39 is 0 Å². The normalized spacial score (nSPS) is 11.5. The third kappa shape index (κ3) is 5.33. The highest BCUT2D eigenvalue weighted by Crippen LogP contribution is 2.19. The summed E-state index contributed by atoms with van der Waals surface area (Å²) in [4.78, 5) is 16.6. The second-order valence-electron chi connectivity index (χ2n) is 6.56. The predicted octanol–water partition coefficient (Wildman–Crippen LogP) is 4.24. The van der Waals surface area contributed by atoms with Crippen molar-refractivity contribution in [3.8, 4) is 5.75 Å². The van der Waals surface area contributed by atoms with Crippen molar-refractivity contribution in [2.75, 3.05) is 19.0 Å². The number of methoxy groups -OCH3 is 1. The molecule has 144 valence electrons. The van der Waals surface area contributed by atoms with E-state index in [4.69, 9.17) is 4.74 Å². The molecule has 1 unspecified atom stereocenters. The van der Waals surface area contributed by atoms with Crippen molar-refractivity contribution in [1.29, 1.82) is 0 Å². The molecule has 0 bridgehead atoms. The van der Waals surface area contributed by atoms with Crippen molar-refractivity contribution in [3.63, 3.8) is 0 Å². The maximum atomic E-state index is 12.4. The Labute approximate surface area is 165 Å². The number of aromatic nitrogens is 1. The highest BCUT2D eigenvalue weighted by Gasteiger charge is 2.10. The third-order valence-corrected chi connectivity index (χ3v) is 4.51. The topological polar surface area (TPSA) is 63.2 Å². The molecule has 1 atom stereocenters. The third-order valence-electron chi connectivity index (χ3n) is 4.51. The number of hydrogen-bond acceptors (Lipinski definition) is 4. The van der Waals surface area contributed by atoms with Gasteiger partial charge in [-0.05, 0) is 48.7 Å². The van der Waals surface area contributed by atoms with Gasteiger partial charge in [-0.1, -0.05) is 42.5 Å². The molecule has 28 heavy (non-hydrogen) atoms. The second kappa shape index (κ2) is 9.55. The SMILES string of the molecule is COc1cccc(CCNC(=O)c2cc(NC(C)c3ccccc3)ccn2)c1. The molecule has 0 radical (unpaired) electrons. The first kappa shape index (κ1) is 19.4. The zero-order valence-electron chi connectivity index (χ0n) is 16.2. The van der Waals surface area contributed by atoms with E-state index in [0.29, 0.717) is 12.2 Å². The van der Waals surface area contributed by atoms with E-state index in [1.54, 1.807) is 19.4 Å². The molecular formula is C23H25N3O2. The number of ether oxygens (including phenoxy) is 1. The predicted molar refractivity (Wildman–Crippen MR) is 112 cm³/mol. The summed E-state index contributed by atoms with van der Waals surface area (Å²) in [7, 11) is 1.65. The molecule has 5 nitrogen and oxygen atoms in total. The molecule has 3 aromatic rings. The van der Waals surface area contributed by atoms with Gasteiger partial charge in [-0.3, -0.25) is 9.78 Å². The monoisotopic (exact) mass is 375 g/mol. The summed E-state index contributed by atoms with van der Waals surface area (Å²) in [5.41, 5.74) is 3.56. The number of amides is 1. The second-order valence-corrected chi connectivity index (χ2v) is 6.56. The first-order chi connectivity index (χ1) is 13.7. The van der Waals surface area contributed by atoms with E-state index in [2.05, 4.69) is 34.7 Å². The Morgan fingerprint density at radius 3 is 2.68 bits per heavy atom. The Bertz CT molecular complexity index is 912. The number of rotatable bonds is 8. The average Bonchev–Trinajstić information content (AvgIpc) is 2.74. The fourth-order valence-electron chi connectivity index (χ4n) is 2.96. The highest BCUT2D eigenvalue weighted by atomic mass is 16.5. The van der Waals surface area contributed by atoms with Crippen LogP contribution < -0.4 is 15.4 Å². The molecule has 0 saturated heterocycles. The minimum absolute atomic E-state index is 0.132. The molecule has 1 amide bonds. The van der Waals surface area contributed by atoms with Gasteiger partial charge >= 0.3 is 0 Å². The van der Waals surface area contributed by atoms with Crippen LogP contribution in [0.4, 0.5) is 5.69 Å². The van der Waals surface area contributed by atoms with Gasteiger partial charge in [0.1, 0.15) is 11.4 Å². The largest absolute Gasteiger partial charge is 0.497 e. The number of nitrogens with one attached hydrogen (secondary N) is 2. The van der Waals surface area contributed by atoms with E-state index in [1.165, 1.54) is 5.56 Å². The van der Waals surface area contributed by atoms with Crippen LogP contribution in [0.25, 0.3) is 0 Å². The summed E-state index contributed by atoms with van der Waals surface area (Å²) in [6.45, 7) is 2.62. The average molecular weight is 375 g/mol. The number of anilines is 1. The first-order valence-electron chi connectivity index (χ1n) is 9.34. The molecule has 2 N–H and O–H groups in total. The smallest absolute Gasteiger partial charge is 0.269 e. The molecule has 3 rings (SSSR count). The molecule has 0 fully saturated rings. The zero-order valence-corrected chi connectivity index (χ0v) is 16.2. The lowest BCUT2D eigenvalue weighted by Crippen LogP contribution is -2.26. The molecule has 2 aromatic carbocycles. The molecule has 1 heterocycles. The number of carbonyl (C=O) groups is 1. The van der Waals surface area contributed by atoms with Crippen LogP contribution in [0.15, 0.2) is 72.9 Å². The van der Waals surface area contributed by atoms with Crippen LogP contribution in [0.3, 0.4) is 0 Å². The summed E-state index contributed by atoms with van der Waals surface area (Å²) >= 11 is 0. The van der Waals surface area contributed by atoms with Gasteiger partial charge in [0, 0.05) is 24.5 Å². The van der Waals surface area contributed by atoms with Crippen molar-refractivity contribution < 1.29 is 9.53 Å². The molecule has 0 spiro atoms. The summed E-state index contributed by atoms with van der Waals surface area (Å²) in [6.07, 6.45) is 2.38. The van der Waals surface area contributed by atoms with Gasteiger partial charge in [0.15, 0.2) is 0 Å².